The summed E-state index contributed by atoms with van der Waals surface area (Å²) in [5.74, 6) is -0.231. The molecule has 1 unspecified atom stereocenters. The molecule has 0 radical (unpaired) electrons. The second kappa shape index (κ2) is 30.0. The van der Waals surface area contributed by atoms with E-state index in [2.05, 4.69) is 32.4 Å². The van der Waals surface area contributed by atoms with Gasteiger partial charge in [0.25, 0.3) is 0 Å². The summed E-state index contributed by atoms with van der Waals surface area (Å²) in [6.07, 6.45) is 15.2. The minimum atomic E-state index is -0.451. The van der Waals surface area contributed by atoms with Crippen LogP contribution in [0.5, 0.6) is 0 Å². The van der Waals surface area contributed by atoms with E-state index in [1.54, 1.807) is 0 Å². The molecule has 0 amide bonds. The molecule has 0 rings (SSSR count). The normalized spacial score (nSPS) is 12.2. The second-order valence-corrected chi connectivity index (χ2v) is 12.1. The molecule has 0 fully saturated rings. The predicted molar refractivity (Wildman–Crippen MR) is 173 cm³/mol. The van der Waals surface area contributed by atoms with Crippen LogP contribution in [-0.2, 0) is 38.1 Å². The molecule has 0 aromatic heterocycles. The van der Waals surface area contributed by atoms with Gasteiger partial charge in [-0.1, -0.05) is 66.2 Å². The van der Waals surface area contributed by atoms with Crippen LogP contribution in [0.1, 0.15) is 143 Å². The van der Waals surface area contributed by atoms with E-state index in [-0.39, 0.29) is 56.9 Å². The van der Waals surface area contributed by atoms with Crippen molar-refractivity contribution in [1.29, 1.82) is 0 Å². The van der Waals surface area contributed by atoms with Gasteiger partial charge in [0.2, 0.25) is 0 Å². The summed E-state index contributed by atoms with van der Waals surface area (Å²) in [5, 5.41) is 9.63. The van der Waals surface area contributed by atoms with E-state index < -0.39 is 5.92 Å². The van der Waals surface area contributed by atoms with Crippen molar-refractivity contribution in [2.24, 2.45) is 17.8 Å². The third-order valence-electron chi connectivity index (χ3n) is 7.85. The molecule has 260 valence electrons. The number of methoxy groups -OCH3 is 1. The maximum absolute atomic E-state index is 12.3. The summed E-state index contributed by atoms with van der Waals surface area (Å²) < 4.78 is 27.8. The molecule has 44 heavy (non-hydrogen) atoms. The lowest BCUT2D eigenvalue weighted by atomic mass is 9.99. The van der Waals surface area contributed by atoms with E-state index in [9.17, 15) is 19.5 Å². The highest BCUT2D eigenvalue weighted by Crippen LogP contribution is 2.20. The van der Waals surface area contributed by atoms with Crippen molar-refractivity contribution in [3.8, 4) is 0 Å². The third-order valence-corrected chi connectivity index (χ3v) is 7.85. The summed E-state index contributed by atoms with van der Waals surface area (Å²) in [5.41, 5.74) is 0. The lowest BCUT2D eigenvalue weighted by molar-refractivity contribution is -0.163. The Morgan fingerprint density at radius 3 is 1.32 bits per heavy atom. The molecule has 0 bridgehead atoms. The van der Waals surface area contributed by atoms with Gasteiger partial charge in [-0.3, -0.25) is 14.4 Å². The fourth-order valence-electron chi connectivity index (χ4n) is 5.25. The zero-order valence-corrected chi connectivity index (χ0v) is 28.8. The Morgan fingerprint density at radius 2 is 0.932 bits per heavy atom. The number of rotatable bonds is 31. The van der Waals surface area contributed by atoms with E-state index in [0.717, 1.165) is 83.5 Å². The number of carbonyl (C=O) groups excluding carboxylic acids is 3. The largest absolute Gasteiger partial charge is 0.469 e. The van der Waals surface area contributed by atoms with Crippen LogP contribution in [0.4, 0.5) is 0 Å². The van der Waals surface area contributed by atoms with Crippen LogP contribution in [-0.4, -0.2) is 69.4 Å². The molecule has 0 saturated heterocycles. The molecule has 1 atom stereocenters. The number of aliphatic hydroxyl groups excluding tert-OH is 1. The Labute approximate surface area is 268 Å². The average Bonchev–Trinajstić information content (AvgIpc) is 3.01. The van der Waals surface area contributed by atoms with Crippen molar-refractivity contribution in [3.63, 3.8) is 0 Å². The summed E-state index contributed by atoms with van der Waals surface area (Å²) in [6, 6.07) is 0. The predicted octanol–water partition coefficient (Wildman–Crippen LogP) is 7.55. The van der Waals surface area contributed by atoms with Crippen LogP contribution in [0, 0.1) is 17.8 Å². The van der Waals surface area contributed by atoms with Crippen molar-refractivity contribution >= 4 is 17.9 Å². The SMILES string of the molecule is CCCC(CCC)COC(CCCCC(=O)OCC(CO)COC(=O)CCCCCCC(=O)OC)OCC(CCC)CCC. The number of hydrogen-bond acceptors (Lipinski definition) is 9. The Bertz CT molecular complexity index is 668. The smallest absolute Gasteiger partial charge is 0.305 e. The molecule has 0 aliphatic carbocycles. The van der Waals surface area contributed by atoms with Crippen LogP contribution in [0.25, 0.3) is 0 Å². The van der Waals surface area contributed by atoms with Gasteiger partial charge in [-0.05, 0) is 69.6 Å². The van der Waals surface area contributed by atoms with Crippen LogP contribution in [0.3, 0.4) is 0 Å². The maximum atomic E-state index is 12.3. The summed E-state index contributed by atoms with van der Waals surface area (Å²) in [4.78, 5) is 35.5. The van der Waals surface area contributed by atoms with Crippen molar-refractivity contribution in [2.45, 2.75) is 150 Å². The number of ether oxygens (including phenoxy) is 5. The number of unbranched alkanes of at least 4 members (excludes halogenated alkanes) is 4. The van der Waals surface area contributed by atoms with Gasteiger partial charge in [-0.2, -0.15) is 0 Å². The number of carbonyl (C=O) groups is 3. The van der Waals surface area contributed by atoms with E-state index in [0.29, 0.717) is 44.3 Å². The Kier molecular flexibility index (Phi) is 28.8. The molecular formula is C35H66O9. The molecule has 0 aliphatic rings. The highest BCUT2D eigenvalue weighted by atomic mass is 16.7. The zero-order chi connectivity index (χ0) is 32.8. The quantitative estimate of drug-likeness (QED) is 0.0358. The van der Waals surface area contributed by atoms with Crippen molar-refractivity contribution in [2.75, 3.05) is 40.1 Å². The lowest BCUT2D eigenvalue weighted by Gasteiger charge is -2.25. The maximum Gasteiger partial charge on any atom is 0.305 e. The minimum Gasteiger partial charge on any atom is -0.469 e. The molecular weight excluding hydrogens is 564 g/mol. The fourth-order valence-corrected chi connectivity index (χ4v) is 5.25. The first-order valence-corrected chi connectivity index (χ1v) is 17.5. The number of aliphatic hydroxyl groups is 1. The first kappa shape index (κ1) is 42.3. The topological polar surface area (TPSA) is 118 Å². The van der Waals surface area contributed by atoms with Gasteiger partial charge in [0.15, 0.2) is 6.29 Å². The van der Waals surface area contributed by atoms with Crippen LogP contribution in [0.15, 0.2) is 0 Å². The minimum absolute atomic E-state index is 0.00935. The Balaban J connectivity index is 4.41. The van der Waals surface area contributed by atoms with Gasteiger partial charge in [0, 0.05) is 19.3 Å². The second-order valence-electron chi connectivity index (χ2n) is 12.1. The molecule has 0 aromatic rings. The zero-order valence-electron chi connectivity index (χ0n) is 28.8. The van der Waals surface area contributed by atoms with Crippen LogP contribution < -0.4 is 0 Å². The lowest BCUT2D eigenvalue weighted by Crippen LogP contribution is -2.25. The Hall–Kier alpha value is -1.71. The highest BCUT2D eigenvalue weighted by molar-refractivity contribution is 5.70. The van der Waals surface area contributed by atoms with Gasteiger partial charge in [0.1, 0.15) is 0 Å². The average molecular weight is 631 g/mol. The molecule has 0 aromatic carbocycles. The molecule has 0 spiro atoms. The number of hydrogen-bond donors (Lipinski definition) is 1. The first-order chi connectivity index (χ1) is 21.3. The third kappa shape index (κ3) is 24.6. The monoisotopic (exact) mass is 630 g/mol. The molecule has 0 heterocycles. The van der Waals surface area contributed by atoms with Crippen LogP contribution >= 0.6 is 0 Å². The van der Waals surface area contributed by atoms with E-state index >= 15 is 0 Å². The summed E-state index contributed by atoms with van der Waals surface area (Å²) in [7, 11) is 1.37. The van der Waals surface area contributed by atoms with Gasteiger partial charge in [0.05, 0.1) is 46.1 Å². The van der Waals surface area contributed by atoms with Crippen molar-refractivity contribution < 1.29 is 43.2 Å². The molecule has 1 N–H and O–H groups in total. The molecule has 9 heteroatoms. The number of esters is 3. The van der Waals surface area contributed by atoms with E-state index in [4.69, 9.17) is 18.9 Å². The van der Waals surface area contributed by atoms with Crippen molar-refractivity contribution in [1.82, 2.24) is 0 Å². The standard InChI is InChI=1S/C35H66O9/c1-6-16-29(17-7-2)25-43-35(44-26-30(18-8-3)19-9-4)23-15-14-22-34(39)42-28-31(24-36)27-41-33(38)21-13-11-10-12-20-32(37)40-5/h29-31,35-36H,6-28H2,1-5H3. The summed E-state index contributed by atoms with van der Waals surface area (Å²) >= 11 is 0. The van der Waals surface area contributed by atoms with Gasteiger partial charge < -0.3 is 28.8 Å². The molecule has 0 saturated carbocycles. The van der Waals surface area contributed by atoms with Gasteiger partial charge in [-0.15, -0.1) is 0 Å². The molecule has 0 aliphatic heterocycles. The first-order valence-electron chi connectivity index (χ1n) is 17.5. The highest BCUT2D eigenvalue weighted by Gasteiger charge is 2.18. The van der Waals surface area contributed by atoms with E-state index in [1.165, 1.54) is 7.11 Å². The summed E-state index contributed by atoms with van der Waals surface area (Å²) in [6.45, 7) is 10.1. The Morgan fingerprint density at radius 1 is 0.523 bits per heavy atom. The van der Waals surface area contributed by atoms with Gasteiger partial charge >= 0.3 is 17.9 Å². The van der Waals surface area contributed by atoms with Crippen LogP contribution in [0.2, 0.25) is 0 Å². The fraction of sp³-hybridized carbons (Fsp3) is 0.914. The van der Waals surface area contributed by atoms with E-state index in [1.807, 2.05) is 0 Å². The van der Waals surface area contributed by atoms with Gasteiger partial charge in [-0.25, -0.2) is 0 Å². The van der Waals surface area contributed by atoms with Crippen molar-refractivity contribution in [3.05, 3.63) is 0 Å². The molecule has 9 nitrogen and oxygen atoms in total.